The van der Waals surface area contributed by atoms with Gasteiger partial charge in [0, 0.05) is 22.2 Å². The number of aliphatic hydroxyl groups is 1. The molecule has 2 amide bonds. The predicted molar refractivity (Wildman–Crippen MR) is 126 cm³/mol. The van der Waals surface area contributed by atoms with E-state index >= 15 is 0 Å². The molecule has 0 bridgehead atoms. The Kier molecular flexibility index (Phi) is 7.50. The number of piperidine rings is 2. The Morgan fingerprint density at radius 1 is 0.800 bits per heavy atom. The van der Waals surface area contributed by atoms with E-state index in [2.05, 4.69) is 10.6 Å². The summed E-state index contributed by atoms with van der Waals surface area (Å²) in [6, 6.07) is -1.57. The Labute approximate surface area is 206 Å². The van der Waals surface area contributed by atoms with Crippen molar-refractivity contribution in [3.05, 3.63) is 0 Å². The lowest BCUT2D eigenvalue weighted by Crippen LogP contribution is -2.77. The molecule has 2 aliphatic rings. The van der Waals surface area contributed by atoms with Gasteiger partial charge in [0.15, 0.2) is 0 Å². The smallest absolute Gasteiger partial charge is 0.328 e. The first-order valence-electron chi connectivity index (χ1n) is 11.8. The van der Waals surface area contributed by atoms with E-state index in [4.69, 9.17) is 5.73 Å². The lowest BCUT2D eigenvalue weighted by atomic mass is 9.67. The van der Waals surface area contributed by atoms with Crippen molar-refractivity contribution in [3.8, 4) is 0 Å². The summed E-state index contributed by atoms with van der Waals surface area (Å²) in [5, 5.41) is 47.8. The van der Waals surface area contributed by atoms with Crippen LogP contribution in [0.4, 0.5) is 0 Å². The maximum absolute atomic E-state index is 13.8. The first-order chi connectivity index (χ1) is 15.6. The molecule has 202 valence electrons. The summed E-state index contributed by atoms with van der Waals surface area (Å²) in [5.74, 6) is -2.83. The molecule has 2 rings (SSSR count). The van der Waals surface area contributed by atoms with Gasteiger partial charge in [-0.05, 0) is 81.1 Å². The lowest BCUT2D eigenvalue weighted by Gasteiger charge is -2.57. The van der Waals surface area contributed by atoms with Crippen molar-refractivity contribution in [1.82, 2.24) is 20.8 Å². The molecule has 2 heterocycles. The number of carbonyl (C=O) groups is 3. The average molecular weight is 502 g/mol. The molecule has 0 spiro atoms. The van der Waals surface area contributed by atoms with Gasteiger partial charge in [-0.25, -0.2) is 4.79 Å². The Hall–Kier alpha value is -1.83. The first kappa shape index (κ1) is 29.4. The number of carbonyl (C=O) groups excluding carboxylic acids is 2. The summed E-state index contributed by atoms with van der Waals surface area (Å²) < 4.78 is 0. The number of hydroxylamine groups is 4. The Morgan fingerprint density at radius 3 is 1.51 bits per heavy atom. The lowest BCUT2D eigenvalue weighted by molar-refractivity contribution is -0.257. The van der Waals surface area contributed by atoms with Crippen LogP contribution in [0.25, 0.3) is 0 Å². The molecule has 0 aliphatic carbocycles. The third kappa shape index (κ3) is 5.47. The third-order valence-corrected chi connectivity index (χ3v) is 7.28. The minimum atomic E-state index is -1.64. The SMILES string of the molecule is CC1(C)CC(N)(C(=O)NC2(C(=O)NC(CO)C(=O)O)CC(C)(C)N(O)C(C)(C)C2)CC(C)(C)N1O. The number of carboxylic acids is 1. The van der Waals surface area contributed by atoms with Crippen LogP contribution in [0, 0.1) is 0 Å². The largest absolute Gasteiger partial charge is 0.480 e. The highest BCUT2D eigenvalue weighted by Crippen LogP contribution is 2.45. The second-order valence-electron chi connectivity index (χ2n) is 12.8. The third-order valence-electron chi connectivity index (χ3n) is 7.28. The van der Waals surface area contributed by atoms with Gasteiger partial charge in [-0.2, -0.15) is 10.1 Å². The summed E-state index contributed by atoms with van der Waals surface area (Å²) >= 11 is 0. The standard InChI is InChI=1S/C23H43N5O7/c1-18(2)10-22(24,11-19(3,4)27(18)34)16(32)26-23(17(33)25-14(9-29)15(30)31)12-20(5,6)28(35)21(7,8)13-23/h14,29,34-35H,9-13,24H2,1-8H3,(H,25,33)(H,26,32)(H,30,31). The van der Waals surface area contributed by atoms with Crippen molar-refractivity contribution in [2.45, 2.75) is 120 Å². The molecule has 2 aliphatic heterocycles. The summed E-state index contributed by atoms with van der Waals surface area (Å²) in [7, 11) is 0. The predicted octanol–water partition coefficient (Wildman–Crippen LogP) is 0.185. The number of nitrogens with zero attached hydrogens (tertiary/aromatic N) is 2. The van der Waals surface area contributed by atoms with Gasteiger partial charge in [-0.1, -0.05) is 0 Å². The number of nitrogens with two attached hydrogens (primary N) is 1. The zero-order valence-corrected chi connectivity index (χ0v) is 22.1. The quantitative estimate of drug-likeness (QED) is 0.264. The summed E-state index contributed by atoms with van der Waals surface area (Å²) in [5.41, 5.74) is -0.0972. The molecule has 1 atom stereocenters. The van der Waals surface area contributed by atoms with Crippen LogP contribution in [0.15, 0.2) is 0 Å². The van der Waals surface area contributed by atoms with Crippen molar-refractivity contribution in [1.29, 1.82) is 0 Å². The second kappa shape index (κ2) is 8.93. The molecule has 35 heavy (non-hydrogen) atoms. The van der Waals surface area contributed by atoms with Crippen molar-refractivity contribution in [3.63, 3.8) is 0 Å². The molecule has 0 aromatic heterocycles. The topological polar surface area (TPSA) is 189 Å². The van der Waals surface area contributed by atoms with Gasteiger partial charge in [0.05, 0.1) is 12.1 Å². The number of rotatable bonds is 6. The van der Waals surface area contributed by atoms with Gasteiger partial charge in [0.25, 0.3) is 0 Å². The number of aliphatic carboxylic acids is 1. The van der Waals surface area contributed by atoms with Crippen molar-refractivity contribution in [2.75, 3.05) is 6.61 Å². The number of carboxylic acid groups (broad SMARTS) is 1. The van der Waals surface area contributed by atoms with E-state index in [-0.39, 0.29) is 25.7 Å². The molecule has 2 fully saturated rings. The van der Waals surface area contributed by atoms with Crippen LogP contribution in [0.1, 0.15) is 81.1 Å². The van der Waals surface area contributed by atoms with Crippen LogP contribution in [-0.4, -0.2) is 94.4 Å². The van der Waals surface area contributed by atoms with Gasteiger partial charge >= 0.3 is 5.97 Å². The van der Waals surface area contributed by atoms with E-state index in [0.717, 1.165) is 5.06 Å². The van der Waals surface area contributed by atoms with E-state index in [0.29, 0.717) is 0 Å². The van der Waals surface area contributed by atoms with E-state index in [1.165, 1.54) is 5.06 Å². The van der Waals surface area contributed by atoms with Gasteiger partial charge < -0.3 is 37.0 Å². The van der Waals surface area contributed by atoms with E-state index in [9.17, 15) is 35.0 Å². The highest BCUT2D eigenvalue weighted by atomic mass is 16.5. The molecule has 8 N–H and O–H groups in total. The highest BCUT2D eigenvalue weighted by molar-refractivity contribution is 5.96. The molecule has 0 aromatic carbocycles. The van der Waals surface area contributed by atoms with Crippen LogP contribution in [0.5, 0.6) is 0 Å². The van der Waals surface area contributed by atoms with E-state index in [1.807, 2.05) is 0 Å². The van der Waals surface area contributed by atoms with Crippen molar-refractivity contribution in [2.24, 2.45) is 5.73 Å². The number of amides is 2. The maximum atomic E-state index is 13.8. The number of nitrogens with one attached hydrogen (secondary N) is 2. The minimum absolute atomic E-state index is 0.0513. The van der Waals surface area contributed by atoms with Gasteiger partial charge in [0.2, 0.25) is 11.8 Å². The zero-order chi connectivity index (χ0) is 27.4. The summed E-state index contributed by atoms with van der Waals surface area (Å²) in [4.78, 5) is 38.9. The molecule has 2 saturated heterocycles. The monoisotopic (exact) mass is 501 g/mol. The van der Waals surface area contributed by atoms with Gasteiger partial charge in [-0.15, -0.1) is 0 Å². The molecule has 0 aromatic rings. The molecule has 0 radical (unpaired) electrons. The highest BCUT2D eigenvalue weighted by Gasteiger charge is 2.60. The van der Waals surface area contributed by atoms with Crippen molar-refractivity contribution >= 4 is 17.8 Å². The van der Waals surface area contributed by atoms with Crippen LogP contribution < -0.4 is 16.4 Å². The zero-order valence-electron chi connectivity index (χ0n) is 22.1. The van der Waals surface area contributed by atoms with E-state index in [1.54, 1.807) is 55.4 Å². The van der Waals surface area contributed by atoms with Gasteiger partial charge in [-0.3, -0.25) is 9.59 Å². The molecule has 12 nitrogen and oxygen atoms in total. The number of hydrogen-bond donors (Lipinski definition) is 7. The maximum Gasteiger partial charge on any atom is 0.328 e. The molecular formula is C23H43N5O7. The van der Waals surface area contributed by atoms with Crippen LogP contribution in [0.3, 0.4) is 0 Å². The Bertz CT molecular complexity index is 834. The number of aliphatic hydroxyl groups excluding tert-OH is 1. The Morgan fingerprint density at radius 2 is 1.17 bits per heavy atom. The minimum Gasteiger partial charge on any atom is -0.480 e. The molecular weight excluding hydrogens is 458 g/mol. The summed E-state index contributed by atoms with van der Waals surface area (Å²) in [6.07, 6.45) is 0.0854. The Balaban J connectivity index is 2.53. The van der Waals surface area contributed by atoms with Crippen molar-refractivity contribution < 1.29 is 35.0 Å². The average Bonchev–Trinajstić information content (AvgIpc) is 2.66. The fraction of sp³-hybridized carbons (Fsp3) is 0.870. The first-order valence-corrected chi connectivity index (χ1v) is 11.8. The molecule has 1 unspecified atom stereocenters. The molecule has 12 heteroatoms. The van der Waals surface area contributed by atoms with Crippen LogP contribution in [0.2, 0.25) is 0 Å². The summed E-state index contributed by atoms with van der Waals surface area (Å²) in [6.45, 7) is 13.0. The number of hydrogen-bond acceptors (Lipinski definition) is 9. The van der Waals surface area contributed by atoms with Gasteiger partial charge in [0.1, 0.15) is 11.6 Å². The fourth-order valence-corrected chi connectivity index (χ4v) is 6.37. The fourth-order valence-electron chi connectivity index (χ4n) is 6.37. The van der Waals surface area contributed by atoms with E-state index < -0.39 is 63.7 Å². The normalized spacial score (nSPS) is 27.4. The molecule has 0 saturated carbocycles. The van der Waals surface area contributed by atoms with Crippen LogP contribution in [-0.2, 0) is 14.4 Å². The van der Waals surface area contributed by atoms with Crippen LogP contribution >= 0.6 is 0 Å². The second-order valence-corrected chi connectivity index (χ2v) is 12.8.